The number of halogens is 2. The summed E-state index contributed by atoms with van der Waals surface area (Å²) in [5.74, 6) is -5.31. The topological polar surface area (TPSA) is 115 Å². The van der Waals surface area contributed by atoms with Crippen LogP contribution < -0.4 is 5.32 Å². The van der Waals surface area contributed by atoms with Crippen LogP contribution in [0.3, 0.4) is 0 Å². The van der Waals surface area contributed by atoms with Gasteiger partial charge in [-0.2, -0.15) is 13.9 Å². The summed E-state index contributed by atoms with van der Waals surface area (Å²) in [6.07, 6.45) is 0. The summed E-state index contributed by atoms with van der Waals surface area (Å²) in [5.41, 5.74) is 0.565. The lowest BCUT2D eigenvalue weighted by molar-refractivity contribution is 0.102. The van der Waals surface area contributed by atoms with E-state index in [1.807, 2.05) is 0 Å². The number of hydrogen-bond donors (Lipinski definition) is 1. The van der Waals surface area contributed by atoms with E-state index in [2.05, 4.69) is 10.4 Å². The van der Waals surface area contributed by atoms with E-state index in [0.29, 0.717) is 5.69 Å². The maximum atomic E-state index is 13.1. The molecule has 0 fully saturated rings. The molecule has 0 radical (unpaired) electrons. The number of alkyl halides is 2. The molecule has 0 aliphatic carbocycles. The van der Waals surface area contributed by atoms with Gasteiger partial charge in [0.2, 0.25) is 9.84 Å². The van der Waals surface area contributed by atoms with E-state index in [-0.39, 0.29) is 28.6 Å². The molecular formula is C19H15F2N3O5S2. The predicted octanol–water partition coefficient (Wildman–Crippen LogP) is 2.55. The van der Waals surface area contributed by atoms with E-state index < -0.39 is 41.8 Å². The fourth-order valence-electron chi connectivity index (χ4n) is 3.30. The molecule has 0 saturated carbocycles. The van der Waals surface area contributed by atoms with Crippen molar-refractivity contribution in [2.24, 2.45) is 0 Å². The van der Waals surface area contributed by atoms with Crippen molar-refractivity contribution in [3.8, 4) is 5.69 Å². The number of para-hydroxylation sites is 1. The van der Waals surface area contributed by atoms with Crippen LogP contribution in [0.15, 0.2) is 59.5 Å². The smallest absolute Gasteiger partial charge is 0.306 e. The number of rotatable bonds is 5. The van der Waals surface area contributed by atoms with Gasteiger partial charge in [-0.1, -0.05) is 30.3 Å². The molecule has 2 heterocycles. The van der Waals surface area contributed by atoms with E-state index in [1.54, 1.807) is 30.3 Å². The molecule has 1 aliphatic rings. The molecule has 0 saturated heterocycles. The first-order chi connectivity index (χ1) is 14.6. The Hall–Kier alpha value is -3.12. The second-order valence-corrected chi connectivity index (χ2v) is 10.8. The van der Waals surface area contributed by atoms with Crippen LogP contribution in [0.2, 0.25) is 0 Å². The van der Waals surface area contributed by atoms with Gasteiger partial charge in [-0.15, -0.1) is 0 Å². The second kappa shape index (κ2) is 7.54. The van der Waals surface area contributed by atoms with Crippen molar-refractivity contribution in [2.75, 3.05) is 5.32 Å². The number of hydrogen-bond acceptors (Lipinski definition) is 6. The van der Waals surface area contributed by atoms with Crippen LogP contribution in [-0.2, 0) is 31.2 Å². The summed E-state index contributed by atoms with van der Waals surface area (Å²) in [6.45, 7) is 0. The van der Waals surface area contributed by atoms with E-state index in [0.717, 1.165) is 12.1 Å². The predicted molar refractivity (Wildman–Crippen MR) is 107 cm³/mol. The molecule has 1 N–H and O–H groups in total. The van der Waals surface area contributed by atoms with Gasteiger partial charge in [0, 0.05) is 5.56 Å². The first-order valence-electron chi connectivity index (χ1n) is 8.89. The Morgan fingerprint density at radius 3 is 2.35 bits per heavy atom. The summed E-state index contributed by atoms with van der Waals surface area (Å²) in [4.78, 5) is 12.1. The molecule has 0 bridgehead atoms. The number of carbonyl (C=O) groups is 1. The molecule has 1 aliphatic heterocycles. The van der Waals surface area contributed by atoms with Crippen LogP contribution in [0.5, 0.6) is 0 Å². The van der Waals surface area contributed by atoms with Crippen molar-refractivity contribution in [3.05, 3.63) is 71.4 Å². The average molecular weight is 467 g/mol. The number of sulfone groups is 2. The number of amides is 1. The molecule has 8 nitrogen and oxygen atoms in total. The number of anilines is 1. The molecule has 1 amide bonds. The Labute approximate surface area is 176 Å². The third kappa shape index (κ3) is 3.83. The summed E-state index contributed by atoms with van der Waals surface area (Å²) in [5, 5.41) is 6.77. The van der Waals surface area contributed by atoms with Crippen LogP contribution in [0.25, 0.3) is 5.69 Å². The van der Waals surface area contributed by atoms with Crippen molar-refractivity contribution in [2.45, 2.75) is 22.2 Å². The minimum absolute atomic E-state index is 0.0384. The number of nitrogens with zero attached hydrogens (tertiary/aromatic N) is 2. The summed E-state index contributed by atoms with van der Waals surface area (Å²) in [7, 11) is -8.49. The lowest BCUT2D eigenvalue weighted by atomic mass is 10.2. The molecule has 0 unspecified atom stereocenters. The third-order valence-electron chi connectivity index (χ3n) is 4.69. The molecule has 0 spiro atoms. The van der Waals surface area contributed by atoms with Crippen molar-refractivity contribution in [3.63, 3.8) is 0 Å². The normalized spacial score (nSPS) is 15.1. The Kier molecular flexibility index (Phi) is 5.13. The summed E-state index contributed by atoms with van der Waals surface area (Å²) >= 11 is 0. The van der Waals surface area contributed by atoms with Gasteiger partial charge in [0.05, 0.1) is 33.3 Å². The Balaban J connectivity index is 1.81. The van der Waals surface area contributed by atoms with Crippen LogP contribution in [0.1, 0.15) is 21.6 Å². The zero-order valence-corrected chi connectivity index (χ0v) is 17.3. The van der Waals surface area contributed by atoms with Crippen LogP contribution in [0.4, 0.5) is 14.6 Å². The molecule has 2 aromatic carbocycles. The minimum Gasteiger partial charge on any atom is -0.306 e. The van der Waals surface area contributed by atoms with Gasteiger partial charge in [0.25, 0.3) is 5.91 Å². The Bertz CT molecular complexity index is 1390. The third-order valence-corrected chi connectivity index (χ3v) is 7.57. The van der Waals surface area contributed by atoms with Crippen molar-refractivity contribution >= 4 is 31.4 Å². The van der Waals surface area contributed by atoms with Gasteiger partial charge in [0.1, 0.15) is 5.82 Å². The quantitative estimate of drug-likeness (QED) is 0.617. The van der Waals surface area contributed by atoms with Gasteiger partial charge in [-0.25, -0.2) is 21.5 Å². The van der Waals surface area contributed by atoms with E-state index in [4.69, 9.17) is 0 Å². The molecule has 31 heavy (non-hydrogen) atoms. The van der Waals surface area contributed by atoms with Gasteiger partial charge in [-0.05, 0) is 24.3 Å². The van der Waals surface area contributed by atoms with Crippen LogP contribution in [-0.4, -0.2) is 38.3 Å². The molecule has 3 aromatic rings. The number of nitrogens with one attached hydrogen (secondary N) is 1. The highest BCUT2D eigenvalue weighted by atomic mass is 32.2. The van der Waals surface area contributed by atoms with Gasteiger partial charge >= 0.3 is 5.76 Å². The number of carbonyl (C=O) groups excluding carboxylic acids is 1. The molecule has 4 rings (SSSR count). The van der Waals surface area contributed by atoms with Gasteiger partial charge < -0.3 is 5.32 Å². The van der Waals surface area contributed by atoms with E-state index in [9.17, 15) is 30.4 Å². The fraction of sp³-hybridized carbons (Fsp3) is 0.158. The van der Waals surface area contributed by atoms with Crippen molar-refractivity contribution < 1.29 is 30.4 Å². The highest BCUT2D eigenvalue weighted by Crippen LogP contribution is 2.33. The summed E-state index contributed by atoms with van der Waals surface area (Å²) < 4.78 is 75.5. The lowest BCUT2D eigenvalue weighted by Crippen LogP contribution is -2.21. The number of aromatic nitrogens is 2. The van der Waals surface area contributed by atoms with E-state index in [1.165, 1.54) is 16.8 Å². The standard InChI is InChI=1S/C19H15F2N3O5S2/c20-19(21)31(28,29)16-9-5-4-8-13(16)18(25)22-17-14-10-30(26,27)11-15(14)23-24(17)12-6-2-1-3-7-12/h1-9,19H,10-11H2,(H,22,25). The monoisotopic (exact) mass is 467 g/mol. The molecule has 1 aromatic heterocycles. The van der Waals surface area contributed by atoms with E-state index >= 15 is 0 Å². The minimum atomic E-state index is -5.04. The maximum absolute atomic E-state index is 13.1. The van der Waals surface area contributed by atoms with Crippen LogP contribution >= 0.6 is 0 Å². The van der Waals surface area contributed by atoms with Gasteiger partial charge in [-0.3, -0.25) is 4.79 Å². The van der Waals surface area contributed by atoms with Crippen molar-refractivity contribution in [1.82, 2.24) is 9.78 Å². The molecular weight excluding hydrogens is 452 g/mol. The highest BCUT2D eigenvalue weighted by Gasteiger charge is 2.35. The Morgan fingerprint density at radius 1 is 1.03 bits per heavy atom. The van der Waals surface area contributed by atoms with Gasteiger partial charge in [0.15, 0.2) is 9.84 Å². The highest BCUT2D eigenvalue weighted by molar-refractivity contribution is 7.91. The number of fused-ring (bicyclic) bond motifs is 1. The van der Waals surface area contributed by atoms with Crippen molar-refractivity contribution in [1.29, 1.82) is 0 Å². The SMILES string of the molecule is O=C(Nc1c2c(nn1-c1ccccc1)CS(=O)(=O)C2)c1ccccc1S(=O)(=O)C(F)F. The Morgan fingerprint density at radius 2 is 1.68 bits per heavy atom. The largest absolute Gasteiger partial charge is 0.341 e. The molecule has 12 heteroatoms. The average Bonchev–Trinajstić information content (AvgIpc) is 3.20. The second-order valence-electron chi connectivity index (χ2n) is 6.81. The number of benzene rings is 2. The zero-order valence-electron chi connectivity index (χ0n) is 15.7. The zero-order chi connectivity index (χ0) is 22.4. The lowest BCUT2D eigenvalue weighted by Gasteiger charge is -2.13. The van der Waals surface area contributed by atoms with Crippen LogP contribution in [0, 0.1) is 0 Å². The first kappa shape index (κ1) is 21.1. The first-order valence-corrected chi connectivity index (χ1v) is 12.3. The molecule has 162 valence electrons. The fourth-order valence-corrected chi connectivity index (χ4v) is 5.72. The summed E-state index contributed by atoms with van der Waals surface area (Å²) in [6, 6.07) is 13.1. The molecule has 0 atom stereocenters. The maximum Gasteiger partial charge on any atom is 0.341 e.